The van der Waals surface area contributed by atoms with Gasteiger partial charge in [-0.3, -0.25) is 19.4 Å². The van der Waals surface area contributed by atoms with E-state index in [1.54, 1.807) is 0 Å². The molecular formula is C24H32N2O12. The van der Waals surface area contributed by atoms with Crippen LogP contribution in [0.1, 0.15) is 22.3 Å². The first-order chi connectivity index (χ1) is 17.9. The first-order valence-electron chi connectivity index (χ1n) is 11.4. The van der Waals surface area contributed by atoms with Crippen molar-refractivity contribution >= 4 is 11.9 Å². The number of aliphatic hydroxyl groups excluding tert-OH is 4. The maximum atomic E-state index is 11.7. The number of aliphatic carboxylic acids is 2. The van der Waals surface area contributed by atoms with Gasteiger partial charge in [0.15, 0.2) is 0 Å². The first-order valence-corrected chi connectivity index (χ1v) is 11.4. The van der Waals surface area contributed by atoms with Crippen molar-refractivity contribution in [2.75, 3.05) is 26.3 Å². The number of carbonyl (C=O) groups is 2. The number of hydrogen-bond donors (Lipinski definition) is 10. The predicted molar refractivity (Wildman–Crippen MR) is 129 cm³/mol. The van der Waals surface area contributed by atoms with Gasteiger partial charge in [0.1, 0.15) is 23.0 Å². The molecule has 14 heteroatoms. The third kappa shape index (κ3) is 7.67. The number of phenols is 4. The highest BCUT2D eigenvalue weighted by Gasteiger charge is 2.34. The molecule has 2 aromatic carbocycles. The van der Waals surface area contributed by atoms with E-state index in [-0.39, 0.29) is 46.8 Å². The van der Waals surface area contributed by atoms with Gasteiger partial charge in [-0.15, -0.1) is 0 Å². The lowest BCUT2D eigenvalue weighted by Gasteiger charge is -2.40. The molecule has 10 N–H and O–H groups in total. The number of aromatic hydroxyl groups is 4. The van der Waals surface area contributed by atoms with E-state index >= 15 is 0 Å². The van der Waals surface area contributed by atoms with Crippen LogP contribution in [0.3, 0.4) is 0 Å². The topological polar surface area (TPSA) is 243 Å². The smallest absolute Gasteiger partial charge is 0.317 e. The van der Waals surface area contributed by atoms with Crippen molar-refractivity contribution in [2.24, 2.45) is 0 Å². The summed E-state index contributed by atoms with van der Waals surface area (Å²) in [7, 11) is 0. The van der Waals surface area contributed by atoms with E-state index in [0.717, 1.165) is 28.0 Å². The maximum Gasteiger partial charge on any atom is 0.317 e. The van der Waals surface area contributed by atoms with Gasteiger partial charge >= 0.3 is 11.9 Å². The molecule has 210 valence electrons. The van der Waals surface area contributed by atoms with E-state index < -0.39 is 75.0 Å². The molecule has 0 spiro atoms. The molecule has 0 saturated heterocycles. The molecule has 0 amide bonds. The fourth-order valence-corrected chi connectivity index (χ4v) is 4.17. The summed E-state index contributed by atoms with van der Waals surface area (Å²) in [6, 6.07) is 1.93. The number of carboxylic acid groups (broad SMARTS) is 2. The van der Waals surface area contributed by atoms with Crippen molar-refractivity contribution in [3.8, 4) is 23.0 Å². The summed E-state index contributed by atoms with van der Waals surface area (Å²) >= 11 is 0. The summed E-state index contributed by atoms with van der Waals surface area (Å²) in [4.78, 5) is 25.6. The van der Waals surface area contributed by atoms with Crippen LogP contribution in [0.4, 0.5) is 0 Å². The summed E-state index contributed by atoms with van der Waals surface area (Å²) in [5.41, 5.74) is 0.174. The molecule has 2 aromatic rings. The van der Waals surface area contributed by atoms with Crippen LogP contribution < -0.4 is 0 Å². The van der Waals surface area contributed by atoms with E-state index in [1.807, 2.05) is 0 Å². The zero-order chi connectivity index (χ0) is 28.6. The SMILES string of the molecule is O=C(O)CN(Cc1cc(CO)c(O)cc1O)C(CO)[C@@H](CO)N(CC(=O)O)Cc1cc(O)c(CO)cc1O. The van der Waals surface area contributed by atoms with Crippen molar-refractivity contribution in [2.45, 2.75) is 38.4 Å². The first kappa shape index (κ1) is 30.6. The normalized spacial score (nSPS) is 13.1. The average molecular weight is 541 g/mol. The Morgan fingerprint density at radius 2 is 0.921 bits per heavy atom. The van der Waals surface area contributed by atoms with Gasteiger partial charge in [0.2, 0.25) is 0 Å². The number of benzene rings is 2. The number of rotatable bonds is 15. The minimum atomic E-state index is -1.34. The van der Waals surface area contributed by atoms with Crippen molar-refractivity contribution in [3.05, 3.63) is 46.5 Å². The van der Waals surface area contributed by atoms with Crippen molar-refractivity contribution in [1.82, 2.24) is 9.80 Å². The monoisotopic (exact) mass is 540 g/mol. The van der Waals surface area contributed by atoms with E-state index in [2.05, 4.69) is 0 Å². The minimum Gasteiger partial charge on any atom is -0.508 e. The second-order valence-electron chi connectivity index (χ2n) is 8.63. The fraction of sp³-hybridized carbons (Fsp3) is 0.417. The van der Waals surface area contributed by atoms with E-state index in [1.165, 1.54) is 6.07 Å². The Labute approximate surface area is 217 Å². The second-order valence-corrected chi connectivity index (χ2v) is 8.63. The summed E-state index contributed by atoms with van der Waals surface area (Å²) in [6.07, 6.45) is 0. The molecule has 38 heavy (non-hydrogen) atoms. The van der Waals surface area contributed by atoms with Gasteiger partial charge in [-0.05, 0) is 18.2 Å². The highest BCUT2D eigenvalue weighted by atomic mass is 16.4. The zero-order valence-corrected chi connectivity index (χ0v) is 20.3. The third-order valence-corrected chi connectivity index (χ3v) is 6.08. The Morgan fingerprint density at radius 3 is 1.34 bits per heavy atom. The Kier molecular flexibility index (Phi) is 11.1. The van der Waals surface area contributed by atoms with Gasteiger partial charge in [0.05, 0.1) is 51.6 Å². The molecule has 0 heterocycles. The van der Waals surface area contributed by atoms with Gasteiger partial charge in [-0.2, -0.15) is 0 Å². The van der Waals surface area contributed by atoms with E-state index in [0.29, 0.717) is 0 Å². The Morgan fingerprint density at radius 1 is 0.579 bits per heavy atom. The maximum absolute atomic E-state index is 11.7. The second kappa shape index (κ2) is 13.8. The number of aliphatic hydroxyl groups is 4. The molecule has 0 bridgehead atoms. The van der Waals surface area contributed by atoms with Gasteiger partial charge in [0, 0.05) is 41.4 Å². The quantitative estimate of drug-likeness (QED) is 0.118. The van der Waals surface area contributed by atoms with E-state index in [4.69, 9.17) is 0 Å². The van der Waals surface area contributed by atoms with Crippen LogP contribution in [0.25, 0.3) is 0 Å². The Hall–Kier alpha value is -3.66. The molecule has 0 radical (unpaired) electrons. The highest BCUT2D eigenvalue weighted by Crippen LogP contribution is 2.31. The van der Waals surface area contributed by atoms with Crippen LogP contribution in [0.5, 0.6) is 23.0 Å². The van der Waals surface area contributed by atoms with Crippen LogP contribution in [-0.4, -0.2) is 111 Å². The van der Waals surface area contributed by atoms with Crippen LogP contribution >= 0.6 is 0 Å². The molecule has 0 aliphatic heterocycles. The van der Waals surface area contributed by atoms with Gasteiger partial charge < -0.3 is 51.1 Å². The standard InChI is InChI=1S/C24H32N2O12/c27-9-15-1-13(21(33)4-22(15)34)5-25(7-23(35)36)17(11-29)18(12-30)26(8-24(37)38)6-14-2-20(32)16(10-28)3-19(14)31/h1-4,17-18,27-34H,5-12H2,(H,35,36)(H,37,38)/t17?,18-/m1/s1. The van der Waals surface area contributed by atoms with Crippen molar-refractivity contribution in [1.29, 1.82) is 0 Å². The number of phenolic OH excluding ortho intramolecular Hbond substituents is 2. The van der Waals surface area contributed by atoms with Crippen molar-refractivity contribution in [3.63, 3.8) is 0 Å². The molecular weight excluding hydrogens is 508 g/mol. The molecule has 14 nitrogen and oxygen atoms in total. The minimum absolute atomic E-state index is 0.0200. The van der Waals surface area contributed by atoms with Gasteiger partial charge in [0.25, 0.3) is 0 Å². The van der Waals surface area contributed by atoms with Crippen LogP contribution in [0, 0.1) is 0 Å². The zero-order valence-electron chi connectivity index (χ0n) is 20.3. The number of carboxylic acids is 2. The fourth-order valence-electron chi connectivity index (χ4n) is 4.17. The molecule has 2 rings (SSSR count). The summed E-state index contributed by atoms with van der Waals surface area (Å²) < 4.78 is 0. The summed E-state index contributed by atoms with van der Waals surface area (Å²) in [6.45, 7) is -4.82. The molecule has 0 aromatic heterocycles. The van der Waals surface area contributed by atoms with E-state index in [9.17, 15) is 60.7 Å². The summed E-state index contributed by atoms with van der Waals surface area (Å²) in [5.74, 6) is -4.26. The molecule has 0 aliphatic rings. The van der Waals surface area contributed by atoms with Crippen molar-refractivity contribution < 1.29 is 60.7 Å². The Bertz CT molecular complexity index is 1130. The lowest BCUT2D eigenvalue weighted by Crippen LogP contribution is -2.56. The Balaban J connectivity index is 2.50. The number of hydrogen-bond acceptors (Lipinski definition) is 12. The molecule has 0 saturated carbocycles. The molecule has 2 atom stereocenters. The largest absolute Gasteiger partial charge is 0.508 e. The van der Waals surface area contributed by atoms with Crippen LogP contribution in [-0.2, 0) is 35.9 Å². The third-order valence-electron chi connectivity index (χ3n) is 6.08. The summed E-state index contributed by atoms with van der Waals surface area (Å²) in [5, 5.41) is 98.7. The molecule has 1 unspecified atom stereocenters. The van der Waals surface area contributed by atoms with Crippen LogP contribution in [0.15, 0.2) is 24.3 Å². The average Bonchev–Trinajstić information content (AvgIpc) is 2.84. The lowest BCUT2D eigenvalue weighted by atomic mass is 10.0. The van der Waals surface area contributed by atoms with Crippen LogP contribution in [0.2, 0.25) is 0 Å². The molecule has 0 fully saturated rings. The molecule has 0 aliphatic carbocycles. The lowest BCUT2D eigenvalue weighted by molar-refractivity contribution is -0.143. The predicted octanol–water partition coefficient (Wildman–Crippen LogP) is -1.31. The number of nitrogens with zero attached hydrogens (tertiary/aromatic N) is 2. The van der Waals surface area contributed by atoms with Gasteiger partial charge in [-0.25, -0.2) is 0 Å². The highest BCUT2D eigenvalue weighted by molar-refractivity contribution is 5.69. The van der Waals surface area contributed by atoms with Gasteiger partial charge in [-0.1, -0.05) is 0 Å².